The Balaban J connectivity index is 1.58. The Morgan fingerprint density at radius 3 is 2.88 bits per heavy atom. The summed E-state index contributed by atoms with van der Waals surface area (Å²) in [5.74, 6) is 0.602. The molecule has 0 aliphatic carbocycles. The van der Waals surface area contributed by atoms with Crippen molar-refractivity contribution >= 4 is 43.8 Å². The minimum absolute atomic E-state index is 0.0110. The van der Waals surface area contributed by atoms with Crippen LogP contribution in [0.15, 0.2) is 60.9 Å². The van der Waals surface area contributed by atoms with Crippen LogP contribution >= 0.6 is 11.3 Å². The van der Waals surface area contributed by atoms with Gasteiger partial charge in [0, 0.05) is 44.8 Å². The van der Waals surface area contributed by atoms with Gasteiger partial charge < -0.3 is 25.3 Å². The number of aryl methyl sites for hydroxylation is 1. The Morgan fingerprint density at radius 2 is 2.06 bits per heavy atom. The summed E-state index contributed by atoms with van der Waals surface area (Å²) in [6.45, 7) is 1.67. The number of pyridine rings is 1. The topological polar surface area (TPSA) is 114 Å². The van der Waals surface area contributed by atoms with E-state index in [1.807, 2.05) is 54.7 Å². The lowest BCUT2D eigenvalue weighted by Gasteiger charge is -2.13. The van der Waals surface area contributed by atoms with Gasteiger partial charge in [0.15, 0.2) is 0 Å². The van der Waals surface area contributed by atoms with Crippen molar-refractivity contribution in [2.24, 2.45) is 0 Å². The molecule has 0 spiro atoms. The molecule has 0 bridgehead atoms. The molecule has 2 aromatic carbocycles. The smallest absolute Gasteiger partial charge is 0.128 e. The zero-order chi connectivity index (χ0) is 23.7. The molecular formula is C26H22N4O3S. The van der Waals surface area contributed by atoms with Crippen LogP contribution in [0.5, 0.6) is 5.75 Å². The van der Waals surface area contributed by atoms with E-state index in [4.69, 9.17) is 9.84 Å². The number of rotatable bonds is 7. The molecule has 0 aliphatic heterocycles. The molecule has 0 aliphatic rings. The van der Waals surface area contributed by atoms with Crippen molar-refractivity contribution in [3.05, 3.63) is 72.1 Å². The van der Waals surface area contributed by atoms with E-state index in [1.165, 1.54) is 11.3 Å². The fourth-order valence-electron chi connectivity index (χ4n) is 3.93. The zero-order valence-corrected chi connectivity index (χ0v) is 19.2. The minimum atomic E-state index is -0.952. The number of aliphatic hydroxyl groups excluding tert-OH is 2. The predicted octanol–water partition coefficient (Wildman–Crippen LogP) is 5.10. The summed E-state index contributed by atoms with van der Waals surface area (Å²) in [5, 5.41) is 34.0. The molecule has 8 heteroatoms. The fourth-order valence-corrected chi connectivity index (χ4v) is 4.97. The third kappa shape index (κ3) is 3.97. The maximum atomic E-state index is 9.78. The molecule has 3 heterocycles. The molecule has 1 atom stereocenters. The van der Waals surface area contributed by atoms with Crippen molar-refractivity contribution < 1.29 is 14.9 Å². The number of para-hydroxylation sites is 1. The normalized spacial score (nSPS) is 12.1. The van der Waals surface area contributed by atoms with Gasteiger partial charge in [-0.2, -0.15) is 5.26 Å². The molecule has 4 N–H and O–H groups in total. The molecule has 34 heavy (non-hydrogen) atoms. The maximum absolute atomic E-state index is 9.78. The third-order valence-electron chi connectivity index (χ3n) is 5.74. The second-order valence-electron chi connectivity index (χ2n) is 7.93. The van der Waals surface area contributed by atoms with Crippen LogP contribution in [0.2, 0.25) is 0 Å². The molecule has 3 aromatic heterocycles. The number of anilines is 2. The molecule has 0 amide bonds. The second kappa shape index (κ2) is 9.15. The van der Waals surface area contributed by atoms with Gasteiger partial charge in [0.1, 0.15) is 29.4 Å². The number of nitrogens with one attached hydrogen (secondary N) is 2. The van der Waals surface area contributed by atoms with Gasteiger partial charge in [0.25, 0.3) is 0 Å². The first-order chi connectivity index (χ1) is 16.6. The van der Waals surface area contributed by atoms with Gasteiger partial charge in [-0.3, -0.25) is 0 Å². The highest BCUT2D eigenvalue weighted by molar-refractivity contribution is 7.22. The number of hydrogen-bond acceptors (Lipinski definition) is 7. The van der Waals surface area contributed by atoms with Gasteiger partial charge in [-0.15, -0.1) is 11.3 Å². The van der Waals surface area contributed by atoms with Crippen LogP contribution in [0.3, 0.4) is 0 Å². The van der Waals surface area contributed by atoms with E-state index in [-0.39, 0.29) is 13.2 Å². The lowest BCUT2D eigenvalue weighted by atomic mass is 10.1. The van der Waals surface area contributed by atoms with E-state index >= 15 is 0 Å². The molecule has 7 nitrogen and oxygen atoms in total. The number of aromatic nitrogens is 2. The number of hydrogen-bond donors (Lipinski definition) is 4. The number of aliphatic hydroxyl groups is 2. The van der Waals surface area contributed by atoms with Gasteiger partial charge in [-0.25, -0.2) is 4.98 Å². The molecule has 0 radical (unpaired) electrons. The number of aromatic amines is 1. The molecular weight excluding hydrogens is 448 g/mol. The summed E-state index contributed by atoms with van der Waals surface area (Å²) < 4.78 is 5.77. The second-order valence-corrected chi connectivity index (χ2v) is 8.96. The molecule has 0 saturated carbocycles. The van der Waals surface area contributed by atoms with Crippen molar-refractivity contribution in [3.8, 4) is 22.3 Å². The first kappa shape index (κ1) is 21.9. The standard InChI is InChI=1S/C26H22N4O3S/c1-15-18-8-9-28-22(18)7-6-21(15)30-25-16(11-27)12-29-26-20(25)10-24(34-26)19-4-2-3-5-23(19)33-14-17(32)13-31/h2-10,12,17,28,31-32H,13-14H2,1H3,(H,29,30)/t17-/m1/s1. The number of ether oxygens (including phenoxy) is 1. The molecule has 5 aromatic rings. The highest BCUT2D eigenvalue weighted by atomic mass is 32.1. The monoisotopic (exact) mass is 470 g/mol. The van der Waals surface area contributed by atoms with Crippen molar-refractivity contribution in [2.45, 2.75) is 13.0 Å². The minimum Gasteiger partial charge on any atom is -0.490 e. The maximum Gasteiger partial charge on any atom is 0.128 e. The Labute approximate surface area is 199 Å². The van der Waals surface area contributed by atoms with Crippen LogP contribution in [-0.2, 0) is 0 Å². The van der Waals surface area contributed by atoms with Crippen molar-refractivity contribution in [3.63, 3.8) is 0 Å². The van der Waals surface area contributed by atoms with Crippen molar-refractivity contribution in [1.82, 2.24) is 9.97 Å². The van der Waals surface area contributed by atoms with Crippen LogP contribution in [0.25, 0.3) is 31.6 Å². The quantitative estimate of drug-likeness (QED) is 0.263. The number of nitriles is 1. The summed E-state index contributed by atoms with van der Waals surface area (Å²) in [5.41, 5.74) is 5.09. The van der Waals surface area contributed by atoms with Crippen LogP contribution in [0, 0.1) is 18.3 Å². The number of H-pyrrole nitrogens is 1. The van der Waals surface area contributed by atoms with E-state index in [1.54, 1.807) is 6.20 Å². The van der Waals surface area contributed by atoms with Crippen molar-refractivity contribution in [1.29, 1.82) is 5.26 Å². The number of benzene rings is 2. The van der Waals surface area contributed by atoms with Crippen molar-refractivity contribution in [2.75, 3.05) is 18.5 Å². The van der Waals surface area contributed by atoms with Crippen LogP contribution < -0.4 is 10.1 Å². The van der Waals surface area contributed by atoms with Crippen LogP contribution in [0.1, 0.15) is 11.1 Å². The average molecular weight is 471 g/mol. The zero-order valence-electron chi connectivity index (χ0n) is 18.4. The predicted molar refractivity (Wildman–Crippen MR) is 135 cm³/mol. The fraction of sp³-hybridized carbons (Fsp3) is 0.154. The van der Waals surface area contributed by atoms with Crippen LogP contribution in [0.4, 0.5) is 11.4 Å². The molecule has 0 unspecified atom stereocenters. The largest absolute Gasteiger partial charge is 0.490 e. The molecule has 170 valence electrons. The Bertz CT molecular complexity index is 1530. The molecule has 5 rings (SSSR count). The summed E-state index contributed by atoms with van der Waals surface area (Å²) >= 11 is 1.50. The van der Waals surface area contributed by atoms with Crippen LogP contribution in [-0.4, -0.2) is 39.5 Å². The Hall–Kier alpha value is -3.90. The van der Waals surface area contributed by atoms with Gasteiger partial charge in [0.2, 0.25) is 0 Å². The number of nitrogens with zero attached hydrogens (tertiary/aromatic N) is 2. The Kier molecular flexibility index (Phi) is 5.90. The first-order valence-corrected chi connectivity index (χ1v) is 11.6. The number of fused-ring (bicyclic) bond motifs is 2. The summed E-state index contributed by atoms with van der Waals surface area (Å²) in [6.07, 6.45) is 2.55. The lowest BCUT2D eigenvalue weighted by molar-refractivity contribution is 0.0538. The van der Waals surface area contributed by atoms with Gasteiger partial charge in [0.05, 0.1) is 17.9 Å². The van der Waals surface area contributed by atoms with E-state index in [0.29, 0.717) is 17.0 Å². The van der Waals surface area contributed by atoms with Gasteiger partial charge >= 0.3 is 0 Å². The summed E-state index contributed by atoms with van der Waals surface area (Å²) in [7, 11) is 0. The van der Waals surface area contributed by atoms with E-state index in [2.05, 4.69) is 28.3 Å². The molecule has 0 fully saturated rings. The van der Waals surface area contributed by atoms with E-state index in [0.717, 1.165) is 42.8 Å². The van der Waals surface area contributed by atoms with Gasteiger partial charge in [-0.05, 0) is 48.9 Å². The molecule has 0 saturated heterocycles. The number of thiophene rings is 1. The summed E-state index contributed by atoms with van der Waals surface area (Å²) in [4.78, 5) is 9.46. The Morgan fingerprint density at radius 1 is 1.21 bits per heavy atom. The highest BCUT2D eigenvalue weighted by Crippen LogP contribution is 2.41. The third-order valence-corrected chi connectivity index (χ3v) is 6.82. The first-order valence-electron chi connectivity index (χ1n) is 10.8. The SMILES string of the molecule is Cc1c(Nc2c(C#N)cnc3sc(-c4ccccc4OC[C@H](O)CO)cc23)ccc2[nH]ccc12. The summed E-state index contributed by atoms with van der Waals surface area (Å²) in [6, 6.07) is 17.9. The lowest BCUT2D eigenvalue weighted by Crippen LogP contribution is -2.21. The highest BCUT2D eigenvalue weighted by Gasteiger charge is 2.17. The average Bonchev–Trinajstić information content (AvgIpc) is 3.52. The van der Waals surface area contributed by atoms with E-state index in [9.17, 15) is 10.4 Å². The van der Waals surface area contributed by atoms with Gasteiger partial charge in [-0.1, -0.05) is 12.1 Å². The van der Waals surface area contributed by atoms with E-state index < -0.39 is 6.10 Å².